The molecule has 24 heavy (non-hydrogen) atoms. The molecule has 2 aromatic rings. The molecule has 0 aliphatic rings. The van der Waals surface area contributed by atoms with Crippen molar-refractivity contribution in [3.63, 3.8) is 0 Å². The molecule has 0 heterocycles. The van der Waals surface area contributed by atoms with E-state index in [1.54, 1.807) is 6.92 Å². The smallest absolute Gasteiger partial charge is 0.411 e. The molecule has 128 valence electrons. The molecule has 4 heteroatoms. The van der Waals surface area contributed by atoms with Gasteiger partial charge in [0.15, 0.2) is 0 Å². The first-order valence-electron chi connectivity index (χ1n) is 8.29. The van der Waals surface area contributed by atoms with Crippen LogP contribution in [-0.2, 0) is 17.8 Å². The summed E-state index contributed by atoms with van der Waals surface area (Å²) in [5.41, 5.74) is 5.15. The van der Waals surface area contributed by atoms with Crippen molar-refractivity contribution in [3.8, 4) is 5.75 Å². The molecule has 2 rings (SSSR count). The lowest BCUT2D eigenvalue weighted by molar-refractivity contribution is 0.168. The average molecular weight is 327 g/mol. The number of hydrogen-bond acceptors (Lipinski definition) is 3. The predicted molar refractivity (Wildman–Crippen MR) is 96.7 cm³/mol. The maximum absolute atomic E-state index is 11.7. The van der Waals surface area contributed by atoms with Crippen LogP contribution in [0.4, 0.5) is 10.5 Å². The normalized spacial score (nSPS) is 10.3. The van der Waals surface area contributed by atoms with Gasteiger partial charge in [-0.25, -0.2) is 4.79 Å². The van der Waals surface area contributed by atoms with Gasteiger partial charge in [0.1, 0.15) is 12.4 Å². The van der Waals surface area contributed by atoms with E-state index in [-0.39, 0.29) is 0 Å². The maximum Gasteiger partial charge on any atom is 0.411 e. The van der Waals surface area contributed by atoms with Crippen LogP contribution < -0.4 is 10.1 Å². The summed E-state index contributed by atoms with van der Waals surface area (Å²) in [4.78, 5) is 11.7. The van der Waals surface area contributed by atoms with Crippen molar-refractivity contribution in [1.82, 2.24) is 0 Å². The molecule has 2 aromatic carbocycles. The van der Waals surface area contributed by atoms with Crippen molar-refractivity contribution < 1.29 is 14.3 Å². The molecule has 0 aromatic heterocycles. The zero-order chi connectivity index (χ0) is 17.5. The molecule has 0 bridgehead atoms. The fraction of sp³-hybridized carbons (Fsp3) is 0.350. The standard InChI is InChI=1S/C20H25NO3/c1-5-16-8-9-18(21-20(22)23-6-2)17(12-16)13-24-19-10-7-14(3)11-15(19)4/h7-12H,5-6,13H2,1-4H3,(H,21,22). The summed E-state index contributed by atoms with van der Waals surface area (Å²) in [6.07, 6.45) is 0.477. The SMILES string of the molecule is CCOC(=O)Nc1ccc(CC)cc1COc1ccc(C)cc1C. The Balaban J connectivity index is 2.18. The first-order valence-corrected chi connectivity index (χ1v) is 8.29. The highest BCUT2D eigenvalue weighted by molar-refractivity contribution is 5.85. The van der Waals surface area contributed by atoms with Crippen LogP contribution in [0.25, 0.3) is 0 Å². The van der Waals surface area contributed by atoms with Gasteiger partial charge in [-0.1, -0.05) is 36.8 Å². The monoisotopic (exact) mass is 327 g/mol. The van der Waals surface area contributed by atoms with E-state index in [1.165, 1.54) is 11.1 Å². The number of hydrogen-bond donors (Lipinski definition) is 1. The lowest BCUT2D eigenvalue weighted by Crippen LogP contribution is -2.15. The Kier molecular flexibility index (Phi) is 6.24. The van der Waals surface area contributed by atoms with Crippen molar-refractivity contribution >= 4 is 11.8 Å². The number of amides is 1. The van der Waals surface area contributed by atoms with Crippen molar-refractivity contribution in [2.45, 2.75) is 40.7 Å². The van der Waals surface area contributed by atoms with E-state index < -0.39 is 6.09 Å². The fourth-order valence-electron chi connectivity index (χ4n) is 2.50. The Hall–Kier alpha value is -2.49. The third-order valence-corrected chi connectivity index (χ3v) is 3.80. The van der Waals surface area contributed by atoms with E-state index in [1.807, 2.05) is 31.2 Å². The number of ether oxygens (including phenoxy) is 2. The number of carbonyl (C=O) groups is 1. The topological polar surface area (TPSA) is 47.6 Å². The molecule has 0 spiro atoms. The van der Waals surface area contributed by atoms with Crippen LogP contribution >= 0.6 is 0 Å². The van der Waals surface area contributed by atoms with Crippen LogP contribution in [0, 0.1) is 13.8 Å². The molecule has 1 N–H and O–H groups in total. The van der Waals surface area contributed by atoms with Gasteiger partial charge >= 0.3 is 6.09 Å². The molecule has 0 saturated carbocycles. The first kappa shape index (κ1) is 17.9. The Morgan fingerprint density at radius 2 is 1.88 bits per heavy atom. The van der Waals surface area contributed by atoms with Crippen LogP contribution in [0.2, 0.25) is 0 Å². The zero-order valence-corrected chi connectivity index (χ0v) is 14.8. The number of anilines is 1. The summed E-state index contributed by atoms with van der Waals surface area (Å²) in [6, 6.07) is 12.1. The van der Waals surface area contributed by atoms with Crippen molar-refractivity contribution in [2.75, 3.05) is 11.9 Å². The molecule has 0 atom stereocenters. The molecule has 0 unspecified atom stereocenters. The third kappa shape index (κ3) is 4.75. The first-order chi connectivity index (χ1) is 11.5. The molecule has 0 aliphatic carbocycles. The van der Waals surface area contributed by atoms with Gasteiger partial charge in [-0.2, -0.15) is 0 Å². The summed E-state index contributed by atoms with van der Waals surface area (Å²) in [5.74, 6) is 0.851. The van der Waals surface area contributed by atoms with Crippen molar-refractivity contribution in [1.29, 1.82) is 0 Å². The van der Waals surface area contributed by atoms with E-state index in [2.05, 4.69) is 31.3 Å². The average Bonchev–Trinajstić information content (AvgIpc) is 2.55. The van der Waals surface area contributed by atoms with Crippen LogP contribution in [0.3, 0.4) is 0 Å². The van der Waals surface area contributed by atoms with E-state index >= 15 is 0 Å². The Bertz CT molecular complexity index is 710. The highest BCUT2D eigenvalue weighted by Gasteiger charge is 2.10. The van der Waals surface area contributed by atoms with Crippen LogP contribution in [0.1, 0.15) is 36.1 Å². The lowest BCUT2D eigenvalue weighted by atomic mass is 10.1. The van der Waals surface area contributed by atoms with Gasteiger partial charge in [0, 0.05) is 5.56 Å². The van der Waals surface area contributed by atoms with Crippen LogP contribution in [0.5, 0.6) is 5.75 Å². The lowest BCUT2D eigenvalue weighted by Gasteiger charge is -2.15. The number of aryl methyl sites for hydroxylation is 3. The summed E-state index contributed by atoms with van der Waals surface area (Å²) in [7, 11) is 0. The number of nitrogens with one attached hydrogen (secondary N) is 1. The quantitative estimate of drug-likeness (QED) is 0.811. The highest BCUT2D eigenvalue weighted by Crippen LogP contribution is 2.24. The number of rotatable bonds is 6. The van der Waals surface area contributed by atoms with Gasteiger partial charge in [0.05, 0.1) is 12.3 Å². The van der Waals surface area contributed by atoms with Crippen LogP contribution in [0.15, 0.2) is 36.4 Å². The molecule has 1 amide bonds. The predicted octanol–water partition coefficient (Wildman–Crippen LogP) is 5.01. The minimum atomic E-state index is -0.450. The van der Waals surface area contributed by atoms with Crippen molar-refractivity contribution in [3.05, 3.63) is 58.7 Å². The van der Waals surface area contributed by atoms with E-state index in [9.17, 15) is 4.79 Å². The molecule has 0 fully saturated rings. The Labute approximate surface area is 143 Å². The molecule has 4 nitrogen and oxygen atoms in total. The largest absolute Gasteiger partial charge is 0.489 e. The molecular formula is C20H25NO3. The Morgan fingerprint density at radius 1 is 1.08 bits per heavy atom. The van der Waals surface area contributed by atoms with Gasteiger partial charge in [-0.3, -0.25) is 5.32 Å². The molecule has 0 saturated heterocycles. The second-order valence-electron chi connectivity index (χ2n) is 5.75. The minimum Gasteiger partial charge on any atom is -0.489 e. The molecule has 0 aliphatic heterocycles. The minimum absolute atomic E-state index is 0.341. The van der Waals surface area contributed by atoms with Gasteiger partial charge in [-0.15, -0.1) is 0 Å². The number of benzene rings is 2. The van der Waals surface area contributed by atoms with E-state index in [4.69, 9.17) is 9.47 Å². The maximum atomic E-state index is 11.7. The molecular weight excluding hydrogens is 302 g/mol. The van der Waals surface area contributed by atoms with E-state index in [0.29, 0.717) is 13.2 Å². The summed E-state index contributed by atoms with van der Waals surface area (Å²) >= 11 is 0. The fourth-order valence-corrected chi connectivity index (χ4v) is 2.50. The second kappa shape index (κ2) is 8.39. The van der Waals surface area contributed by atoms with Crippen LogP contribution in [-0.4, -0.2) is 12.7 Å². The van der Waals surface area contributed by atoms with Crippen molar-refractivity contribution in [2.24, 2.45) is 0 Å². The highest BCUT2D eigenvalue weighted by atomic mass is 16.5. The second-order valence-corrected chi connectivity index (χ2v) is 5.75. The van der Waals surface area contributed by atoms with E-state index in [0.717, 1.165) is 29.0 Å². The summed E-state index contributed by atoms with van der Waals surface area (Å²) in [5, 5.41) is 2.78. The van der Waals surface area contributed by atoms with Gasteiger partial charge in [-0.05, 0) is 50.5 Å². The Morgan fingerprint density at radius 3 is 2.54 bits per heavy atom. The summed E-state index contributed by atoms with van der Waals surface area (Å²) < 4.78 is 10.9. The van der Waals surface area contributed by atoms with Gasteiger partial charge < -0.3 is 9.47 Å². The van der Waals surface area contributed by atoms with Gasteiger partial charge in [0.25, 0.3) is 0 Å². The zero-order valence-electron chi connectivity index (χ0n) is 14.8. The van der Waals surface area contributed by atoms with Gasteiger partial charge in [0.2, 0.25) is 0 Å². The third-order valence-electron chi connectivity index (χ3n) is 3.80. The number of carbonyl (C=O) groups excluding carboxylic acids is 1. The molecule has 0 radical (unpaired) electrons. The summed E-state index contributed by atoms with van der Waals surface area (Å²) in [6.45, 7) is 8.70.